The first-order valence-electron chi connectivity index (χ1n) is 6.82. The Morgan fingerprint density at radius 1 is 1.43 bits per heavy atom. The summed E-state index contributed by atoms with van der Waals surface area (Å²) in [5.74, 6) is -0.295. The average molecular weight is 312 g/mol. The lowest BCUT2D eigenvalue weighted by Crippen LogP contribution is -2.34. The zero-order chi connectivity index (χ0) is 15.5. The molecule has 1 heterocycles. The molecule has 0 saturated carbocycles. The number of rotatable bonds is 5. The van der Waals surface area contributed by atoms with Gasteiger partial charge in [0.05, 0.1) is 23.6 Å². The first kappa shape index (κ1) is 15.8. The molecule has 1 saturated heterocycles. The molecular formula is C14H20N2O4S. The molecule has 1 aliphatic heterocycles. The van der Waals surface area contributed by atoms with E-state index in [0.717, 1.165) is 30.0 Å². The van der Waals surface area contributed by atoms with E-state index in [-0.39, 0.29) is 12.0 Å². The van der Waals surface area contributed by atoms with Crippen molar-refractivity contribution >= 4 is 21.6 Å². The molecule has 0 unspecified atom stereocenters. The molecule has 1 aromatic carbocycles. The van der Waals surface area contributed by atoms with Crippen LogP contribution in [0.3, 0.4) is 0 Å². The van der Waals surface area contributed by atoms with Gasteiger partial charge in [-0.1, -0.05) is 12.1 Å². The van der Waals surface area contributed by atoms with Gasteiger partial charge in [-0.25, -0.2) is 8.42 Å². The van der Waals surface area contributed by atoms with Gasteiger partial charge < -0.3 is 10.1 Å². The van der Waals surface area contributed by atoms with Crippen molar-refractivity contribution < 1.29 is 17.9 Å². The van der Waals surface area contributed by atoms with Gasteiger partial charge in [-0.3, -0.25) is 9.10 Å². The summed E-state index contributed by atoms with van der Waals surface area (Å²) in [6.45, 7) is 1.17. The molecule has 1 atom stereocenters. The number of benzene rings is 1. The predicted octanol–water partition coefficient (Wildman–Crippen LogP) is 0.991. The minimum Gasteiger partial charge on any atom is -0.376 e. The van der Waals surface area contributed by atoms with Gasteiger partial charge in [-0.15, -0.1) is 0 Å². The lowest BCUT2D eigenvalue weighted by atomic mass is 10.1. The molecular weight excluding hydrogens is 292 g/mol. The van der Waals surface area contributed by atoms with Crippen molar-refractivity contribution in [2.75, 3.05) is 30.8 Å². The highest BCUT2D eigenvalue weighted by molar-refractivity contribution is 7.92. The topological polar surface area (TPSA) is 75.7 Å². The lowest BCUT2D eigenvalue weighted by molar-refractivity contribution is 0.0858. The van der Waals surface area contributed by atoms with Crippen molar-refractivity contribution in [3.05, 3.63) is 29.8 Å². The Labute approximate surface area is 125 Å². The summed E-state index contributed by atoms with van der Waals surface area (Å²) in [6.07, 6.45) is 3.10. The Morgan fingerprint density at radius 2 is 2.14 bits per heavy atom. The molecule has 7 heteroatoms. The summed E-state index contributed by atoms with van der Waals surface area (Å²) >= 11 is 0. The van der Waals surface area contributed by atoms with E-state index in [1.807, 2.05) is 0 Å². The summed E-state index contributed by atoms with van der Waals surface area (Å²) < 4.78 is 29.9. The SMILES string of the molecule is CN(c1ccccc1C(=O)NC[C@H]1CCCO1)S(C)(=O)=O. The van der Waals surface area contributed by atoms with Crippen molar-refractivity contribution in [1.29, 1.82) is 0 Å². The third kappa shape index (κ3) is 3.95. The molecule has 116 valence electrons. The minimum absolute atomic E-state index is 0.0498. The number of anilines is 1. The summed E-state index contributed by atoms with van der Waals surface area (Å²) in [5.41, 5.74) is 0.702. The van der Waals surface area contributed by atoms with Gasteiger partial charge in [0.15, 0.2) is 0 Å². The number of nitrogens with one attached hydrogen (secondary N) is 1. The molecule has 0 radical (unpaired) electrons. The van der Waals surface area contributed by atoms with Gasteiger partial charge in [0, 0.05) is 20.2 Å². The van der Waals surface area contributed by atoms with E-state index in [2.05, 4.69) is 5.32 Å². The standard InChI is InChI=1S/C14H20N2O4S/c1-16(21(2,18)19)13-8-4-3-7-12(13)14(17)15-10-11-6-5-9-20-11/h3-4,7-8,11H,5-6,9-10H2,1-2H3,(H,15,17)/t11-/m1/s1. The second-order valence-electron chi connectivity index (χ2n) is 5.09. The van der Waals surface area contributed by atoms with Crippen LogP contribution in [0, 0.1) is 0 Å². The van der Waals surface area contributed by atoms with Crippen molar-refractivity contribution in [2.24, 2.45) is 0 Å². The molecule has 1 aliphatic rings. The summed E-state index contributed by atoms with van der Waals surface area (Å²) in [4.78, 5) is 12.3. The van der Waals surface area contributed by atoms with Crippen LogP contribution in [0.1, 0.15) is 23.2 Å². The molecule has 0 bridgehead atoms. The van der Waals surface area contributed by atoms with Crippen LogP contribution >= 0.6 is 0 Å². The highest BCUT2D eigenvalue weighted by Crippen LogP contribution is 2.21. The van der Waals surface area contributed by atoms with Crippen LogP contribution in [0.15, 0.2) is 24.3 Å². The number of carbonyl (C=O) groups is 1. The molecule has 0 spiro atoms. The number of sulfonamides is 1. The Kier molecular flexibility index (Phi) is 4.84. The number of hydrogen-bond donors (Lipinski definition) is 1. The predicted molar refractivity (Wildman–Crippen MR) is 81.0 cm³/mol. The molecule has 21 heavy (non-hydrogen) atoms. The molecule has 0 aliphatic carbocycles. The number of carbonyl (C=O) groups excluding carboxylic acids is 1. The van der Waals surface area contributed by atoms with Crippen LogP contribution in [-0.4, -0.2) is 46.9 Å². The van der Waals surface area contributed by atoms with E-state index in [4.69, 9.17) is 4.74 Å². The lowest BCUT2D eigenvalue weighted by Gasteiger charge is -2.20. The summed E-state index contributed by atoms with van der Waals surface area (Å²) in [7, 11) is -1.98. The van der Waals surface area contributed by atoms with Gasteiger partial charge in [0.25, 0.3) is 5.91 Å². The maximum absolute atomic E-state index is 12.3. The quantitative estimate of drug-likeness (QED) is 0.880. The molecule has 1 amide bonds. The van der Waals surface area contributed by atoms with Crippen LogP contribution in [0.4, 0.5) is 5.69 Å². The van der Waals surface area contributed by atoms with E-state index >= 15 is 0 Å². The third-order valence-corrected chi connectivity index (χ3v) is 4.69. The number of hydrogen-bond acceptors (Lipinski definition) is 4. The smallest absolute Gasteiger partial charge is 0.253 e. The maximum Gasteiger partial charge on any atom is 0.253 e. The van der Waals surface area contributed by atoms with E-state index in [0.29, 0.717) is 17.8 Å². The largest absolute Gasteiger partial charge is 0.376 e. The minimum atomic E-state index is -3.41. The summed E-state index contributed by atoms with van der Waals surface area (Å²) in [6, 6.07) is 6.64. The molecule has 1 aromatic rings. The number of ether oxygens (including phenoxy) is 1. The zero-order valence-corrected chi connectivity index (χ0v) is 13.0. The van der Waals surface area contributed by atoms with Crippen LogP contribution in [0.5, 0.6) is 0 Å². The highest BCUT2D eigenvalue weighted by atomic mass is 32.2. The molecule has 6 nitrogen and oxygen atoms in total. The van der Waals surface area contributed by atoms with E-state index < -0.39 is 10.0 Å². The van der Waals surface area contributed by atoms with Gasteiger partial charge in [0.2, 0.25) is 10.0 Å². The normalized spacial score (nSPS) is 18.5. The number of nitrogens with zero attached hydrogens (tertiary/aromatic N) is 1. The number of amides is 1. The van der Waals surface area contributed by atoms with Gasteiger partial charge in [-0.2, -0.15) is 0 Å². The van der Waals surface area contributed by atoms with E-state index in [9.17, 15) is 13.2 Å². The maximum atomic E-state index is 12.3. The van der Waals surface area contributed by atoms with Crippen molar-refractivity contribution in [2.45, 2.75) is 18.9 Å². The Balaban J connectivity index is 2.13. The zero-order valence-electron chi connectivity index (χ0n) is 12.2. The fourth-order valence-electron chi connectivity index (χ4n) is 2.23. The highest BCUT2D eigenvalue weighted by Gasteiger charge is 2.21. The van der Waals surface area contributed by atoms with Gasteiger partial charge >= 0.3 is 0 Å². The first-order chi connectivity index (χ1) is 9.89. The molecule has 0 aromatic heterocycles. The fraction of sp³-hybridized carbons (Fsp3) is 0.500. The van der Waals surface area contributed by atoms with Crippen molar-refractivity contribution in [3.8, 4) is 0 Å². The van der Waals surface area contributed by atoms with E-state index in [1.54, 1.807) is 24.3 Å². The second kappa shape index (κ2) is 6.44. The van der Waals surface area contributed by atoms with Crippen molar-refractivity contribution in [1.82, 2.24) is 5.32 Å². The van der Waals surface area contributed by atoms with Crippen molar-refractivity contribution in [3.63, 3.8) is 0 Å². The Hall–Kier alpha value is -1.60. The Morgan fingerprint density at radius 3 is 2.76 bits per heavy atom. The van der Waals surface area contributed by atoms with Gasteiger partial charge in [0.1, 0.15) is 0 Å². The molecule has 1 fully saturated rings. The monoisotopic (exact) mass is 312 g/mol. The van der Waals surface area contributed by atoms with Crippen LogP contribution in [0.2, 0.25) is 0 Å². The van der Waals surface area contributed by atoms with Crippen LogP contribution < -0.4 is 9.62 Å². The van der Waals surface area contributed by atoms with Gasteiger partial charge in [-0.05, 0) is 25.0 Å². The summed E-state index contributed by atoms with van der Waals surface area (Å²) in [5, 5.41) is 2.80. The second-order valence-corrected chi connectivity index (χ2v) is 7.11. The van der Waals surface area contributed by atoms with E-state index in [1.165, 1.54) is 7.05 Å². The van der Waals surface area contributed by atoms with Crippen LogP contribution in [-0.2, 0) is 14.8 Å². The number of para-hydroxylation sites is 1. The molecule has 2 rings (SSSR count). The fourth-order valence-corrected chi connectivity index (χ4v) is 2.74. The average Bonchev–Trinajstić information content (AvgIpc) is 2.96. The Bertz CT molecular complexity index is 609. The molecule has 1 N–H and O–H groups in total. The van der Waals surface area contributed by atoms with Crippen LogP contribution in [0.25, 0.3) is 0 Å². The third-order valence-electron chi connectivity index (χ3n) is 3.50. The first-order valence-corrected chi connectivity index (χ1v) is 8.67.